The van der Waals surface area contributed by atoms with E-state index in [4.69, 9.17) is 11.6 Å². The van der Waals surface area contributed by atoms with Gasteiger partial charge in [0.1, 0.15) is 0 Å². The minimum atomic E-state index is 0.114. The maximum Gasteiger partial charge on any atom is 0.253 e. The van der Waals surface area contributed by atoms with Crippen LogP contribution in [0.4, 0.5) is 0 Å². The number of fused-ring (bicyclic) bond motifs is 1. The van der Waals surface area contributed by atoms with Gasteiger partial charge in [-0.15, -0.1) is 0 Å². The molecule has 0 radical (unpaired) electrons. The summed E-state index contributed by atoms with van der Waals surface area (Å²) in [5.74, 6) is 1.50. The summed E-state index contributed by atoms with van der Waals surface area (Å²) in [5.41, 5.74) is 0.701. The highest BCUT2D eigenvalue weighted by Crippen LogP contribution is 2.27. The molecule has 0 saturated carbocycles. The Hall–Kier alpha value is -1.06. The van der Waals surface area contributed by atoms with E-state index in [2.05, 4.69) is 5.32 Å². The summed E-state index contributed by atoms with van der Waals surface area (Å²) in [5, 5.41) is 4.04. The van der Waals surface area contributed by atoms with Crippen molar-refractivity contribution >= 4 is 17.5 Å². The zero-order chi connectivity index (χ0) is 12.5. The average molecular weight is 265 g/mol. The van der Waals surface area contributed by atoms with Gasteiger partial charge in [0.2, 0.25) is 0 Å². The number of hydrogen-bond donors (Lipinski definition) is 1. The van der Waals surface area contributed by atoms with E-state index in [9.17, 15) is 4.79 Å². The number of nitrogens with one attached hydrogen (secondary N) is 1. The SMILES string of the molecule is O=C(c1cccc(Cl)c1)N1CC[C@@H]2CNC[C@@H]2C1. The van der Waals surface area contributed by atoms with Crippen LogP contribution in [0.25, 0.3) is 0 Å². The lowest BCUT2D eigenvalue weighted by Gasteiger charge is -2.34. The van der Waals surface area contributed by atoms with Crippen molar-refractivity contribution in [2.24, 2.45) is 11.8 Å². The van der Waals surface area contributed by atoms with Crippen LogP contribution in [0.2, 0.25) is 5.02 Å². The molecule has 0 unspecified atom stereocenters. The molecule has 2 saturated heterocycles. The first kappa shape index (κ1) is 12.0. The summed E-state index contributed by atoms with van der Waals surface area (Å²) in [7, 11) is 0. The van der Waals surface area contributed by atoms with E-state index >= 15 is 0 Å². The van der Waals surface area contributed by atoms with Crippen LogP contribution in [0.15, 0.2) is 24.3 Å². The summed E-state index contributed by atoms with van der Waals surface area (Å²) in [6.07, 6.45) is 1.12. The lowest BCUT2D eigenvalue weighted by atomic mass is 9.88. The molecule has 2 fully saturated rings. The number of benzene rings is 1. The van der Waals surface area contributed by atoms with E-state index in [1.54, 1.807) is 12.1 Å². The largest absolute Gasteiger partial charge is 0.338 e. The van der Waals surface area contributed by atoms with Crippen molar-refractivity contribution in [3.8, 4) is 0 Å². The highest BCUT2D eigenvalue weighted by Gasteiger charge is 2.34. The molecule has 1 aromatic rings. The Kier molecular flexibility index (Phi) is 3.27. The first-order valence-corrected chi connectivity index (χ1v) is 6.87. The second kappa shape index (κ2) is 4.90. The molecule has 2 aliphatic rings. The van der Waals surface area contributed by atoms with Crippen molar-refractivity contribution < 1.29 is 4.79 Å². The first-order chi connectivity index (χ1) is 8.74. The number of likely N-dealkylation sites (tertiary alicyclic amines) is 1. The van der Waals surface area contributed by atoms with Gasteiger partial charge in [-0.05, 0) is 49.5 Å². The molecule has 18 heavy (non-hydrogen) atoms. The molecule has 1 amide bonds. The molecule has 0 aliphatic carbocycles. The number of piperidine rings is 1. The van der Waals surface area contributed by atoms with Gasteiger partial charge in [-0.25, -0.2) is 0 Å². The van der Waals surface area contributed by atoms with Gasteiger partial charge in [-0.2, -0.15) is 0 Å². The number of hydrogen-bond acceptors (Lipinski definition) is 2. The molecule has 2 atom stereocenters. The number of halogens is 1. The fourth-order valence-corrected chi connectivity index (χ4v) is 3.21. The molecule has 0 aromatic heterocycles. The van der Waals surface area contributed by atoms with Crippen molar-refractivity contribution in [1.82, 2.24) is 10.2 Å². The second-order valence-electron chi connectivity index (χ2n) is 5.23. The maximum absolute atomic E-state index is 12.4. The van der Waals surface area contributed by atoms with Crippen LogP contribution in [-0.2, 0) is 0 Å². The third kappa shape index (κ3) is 2.25. The normalized spacial score (nSPS) is 27.1. The van der Waals surface area contributed by atoms with Crippen LogP contribution in [-0.4, -0.2) is 37.0 Å². The van der Waals surface area contributed by atoms with E-state index in [-0.39, 0.29) is 5.91 Å². The number of amides is 1. The monoisotopic (exact) mass is 264 g/mol. The molecular weight excluding hydrogens is 248 g/mol. The van der Waals surface area contributed by atoms with Crippen LogP contribution in [0.3, 0.4) is 0 Å². The fourth-order valence-electron chi connectivity index (χ4n) is 3.02. The highest BCUT2D eigenvalue weighted by molar-refractivity contribution is 6.30. The number of carbonyl (C=O) groups is 1. The van der Waals surface area contributed by atoms with Crippen molar-refractivity contribution in [2.45, 2.75) is 6.42 Å². The molecule has 1 N–H and O–H groups in total. The molecule has 0 spiro atoms. The standard InChI is InChI=1S/C14H17ClN2O/c15-13-3-1-2-10(6-13)14(18)17-5-4-11-7-16-8-12(11)9-17/h1-3,6,11-12,16H,4-5,7-9H2/t11-,12-/m1/s1. The summed E-state index contributed by atoms with van der Waals surface area (Å²) >= 11 is 5.94. The fraction of sp³-hybridized carbons (Fsp3) is 0.500. The summed E-state index contributed by atoms with van der Waals surface area (Å²) < 4.78 is 0. The average Bonchev–Trinajstić information content (AvgIpc) is 2.85. The van der Waals surface area contributed by atoms with Gasteiger partial charge in [0, 0.05) is 23.7 Å². The Morgan fingerprint density at radius 1 is 1.33 bits per heavy atom. The van der Waals surface area contributed by atoms with Gasteiger partial charge in [0.05, 0.1) is 0 Å². The third-order valence-electron chi connectivity index (χ3n) is 4.06. The molecule has 3 rings (SSSR count). The van der Waals surface area contributed by atoms with E-state index in [1.807, 2.05) is 17.0 Å². The quantitative estimate of drug-likeness (QED) is 0.842. The van der Waals surface area contributed by atoms with Crippen LogP contribution < -0.4 is 5.32 Å². The predicted molar refractivity (Wildman–Crippen MR) is 71.8 cm³/mol. The first-order valence-electron chi connectivity index (χ1n) is 6.49. The Labute approximate surface area is 112 Å². The Morgan fingerprint density at radius 2 is 2.17 bits per heavy atom. The minimum absolute atomic E-state index is 0.114. The number of nitrogens with zero attached hydrogens (tertiary/aromatic N) is 1. The van der Waals surface area contributed by atoms with Crippen molar-refractivity contribution in [3.63, 3.8) is 0 Å². The predicted octanol–water partition coefficient (Wildman–Crippen LogP) is 2.02. The molecule has 2 aliphatic heterocycles. The summed E-state index contributed by atoms with van der Waals surface area (Å²) in [6.45, 7) is 3.91. The molecule has 0 bridgehead atoms. The second-order valence-corrected chi connectivity index (χ2v) is 5.67. The Balaban J connectivity index is 1.73. The lowest BCUT2D eigenvalue weighted by molar-refractivity contribution is 0.0642. The van der Waals surface area contributed by atoms with Gasteiger partial charge in [-0.1, -0.05) is 17.7 Å². The van der Waals surface area contributed by atoms with E-state index in [1.165, 1.54) is 0 Å². The highest BCUT2D eigenvalue weighted by atomic mass is 35.5. The lowest BCUT2D eigenvalue weighted by Crippen LogP contribution is -2.43. The smallest absolute Gasteiger partial charge is 0.253 e. The van der Waals surface area contributed by atoms with E-state index < -0.39 is 0 Å². The molecule has 96 valence electrons. The van der Waals surface area contributed by atoms with E-state index in [0.717, 1.165) is 38.5 Å². The van der Waals surface area contributed by atoms with Crippen LogP contribution in [0.5, 0.6) is 0 Å². The van der Waals surface area contributed by atoms with Crippen LogP contribution in [0.1, 0.15) is 16.8 Å². The summed E-state index contributed by atoms with van der Waals surface area (Å²) in [6, 6.07) is 7.22. The van der Waals surface area contributed by atoms with Gasteiger partial charge in [-0.3, -0.25) is 4.79 Å². The van der Waals surface area contributed by atoms with Crippen molar-refractivity contribution in [1.29, 1.82) is 0 Å². The molecule has 2 heterocycles. The van der Waals surface area contributed by atoms with Crippen molar-refractivity contribution in [2.75, 3.05) is 26.2 Å². The van der Waals surface area contributed by atoms with Gasteiger partial charge >= 0.3 is 0 Å². The number of carbonyl (C=O) groups excluding carboxylic acids is 1. The minimum Gasteiger partial charge on any atom is -0.338 e. The molecule has 3 nitrogen and oxygen atoms in total. The maximum atomic E-state index is 12.4. The molecule has 1 aromatic carbocycles. The molecule has 4 heteroatoms. The van der Waals surface area contributed by atoms with Crippen LogP contribution >= 0.6 is 11.6 Å². The topological polar surface area (TPSA) is 32.3 Å². The zero-order valence-corrected chi connectivity index (χ0v) is 11.0. The Bertz CT molecular complexity index is 463. The Morgan fingerprint density at radius 3 is 3.00 bits per heavy atom. The van der Waals surface area contributed by atoms with Gasteiger partial charge in [0.25, 0.3) is 5.91 Å². The molecular formula is C14H17ClN2O. The number of rotatable bonds is 1. The van der Waals surface area contributed by atoms with Gasteiger partial charge in [0.15, 0.2) is 0 Å². The zero-order valence-electron chi connectivity index (χ0n) is 10.2. The van der Waals surface area contributed by atoms with Crippen LogP contribution in [0, 0.1) is 11.8 Å². The van der Waals surface area contributed by atoms with Gasteiger partial charge < -0.3 is 10.2 Å². The van der Waals surface area contributed by atoms with Crippen molar-refractivity contribution in [3.05, 3.63) is 34.9 Å². The third-order valence-corrected chi connectivity index (χ3v) is 4.30. The van der Waals surface area contributed by atoms with E-state index in [0.29, 0.717) is 16.5 Å². The summed E-state index contributed by atoms with van der Waals surface area (Å²) in [4.78, 5) is 14.4.